The largest absolute Gasteiger partial charge is 0.487 e. The van der Waals surface area contributed by atoms with Gasteiger partial charge in [-0.15, -0.1) is 0 Å². The number of aryl methyl sites for hydroxylation is 1. The number of ether oxygens (including phenoxy) is 1. The Kier molecular flexibility index (Phi) is 7.32. The molecular weight excluding hydrogens is 649 g/mol. The molecule has 168 valence electrons. The van der Waals surface area contributed by atoms with Crippen molar-refractivity contribution in [1.82, 2.24) is 10.2 Å². The molecule has 0 saturated carbocycles. The van der Waals surface area contributed by atoms with Crippen molar-refractivity contribution < 1.29 is 18.7 Å². The fourth-order valence-electron chi connectivity index (χ4n) is 3.46. The molecule has 0 aromatic heterocycles. The van der Waals surface area contributed by atoms with Gasteiger partial charge in [0.15, 0.2) is 0 Å². The van der Waals surface area contributed by atoms with E-state index in [4.69, 9.17) is 4.74 Å². The number of hydrogen-bond donors (Lipinski definition) is 1. The van der Waals surface area contributed by atoms with Crippen LogP contribution in [0.1, 0.15) is 22.3 Å². The van der Waals surface area contributed by atoms with Gasteiger partial charge < -0.3 is 10.1 Å². The molecule has 3 amide bonds. The monoisotopic (exact) mass is 668 g/mol. The highest BCUT2D eigenvalue weighted by Gasteiger charge is 2.33. The summed E-state index contributed by atoms with van der Waals surface area (Å²) in [6.45, 7) is 2.42. The van der Waals surface area contributed by atoms with Gasteiger partial charge in [0.05, 0.1) is 13.7 Å². The van der Waals surface area contributed by atoms with Crippen LogP contribution in [0.15, 0.2) is 66.4 Å². The van der Waals surface area contributed by atoms with Gasteiger partial charge in [-0.05, 0) is 99.1 Å². The highest BCUT2D eigenvalue weighted by atomic mass is 127. The summed E-state index contributed by atoms with van der Waals surface area (Å²) < 4.78 is 21.0. The minimum atomic E-state index is -0.438. The molecule has 3 aromatic rings. The number of halogens is 3. The smallest absolute Gasteiger partial charge is 0.329 e. The van der Waals surface area contributed by atoms with E-state index in [1.807, 2.05) is 43.3 Å². The second kappa shape index (κ2) is 10.2. The average molecular weight is 668 g/mol. The van der Waals surface area contributed by atoms with Crippen molar-refractivity contribution >= 4 is 63.2 Å². The van der Waals surface area contributed by atoms with Crippen LogP contribution < -0.4 is 10.1 Å². The molecule has 5 nitrogen and oxygen atoms in total. The first kappa shape index (κ1) is 23.7. The molecule has 1 aliphatic rings. The Morgan fingerprint density at radius 1 is 1.00 bits per heavy atom. The lowest BCUT2D eigenvalue weighted by Crippen LogP contribution is -2.30. The Morgan fingerprint density at radius 3 is 2.39 bits per heavy atom. The maximum absolute atomic E-state index is 13.4. The van der Waals surface area contributed by atoms with Crippen LogP contribution in [0.2, 0.25) is 0 Å². The lowest BCUT2D eigenvalue weighted by molar-refractivity contribution is -0.123. The van der Waals surface area contributed by atoms with E-state index in [2.05, 4.69) is 50.5 Å². The minimum absolute atomic E-state index is 0.214. The number of nitrogens with one attached hydrogen (secondary N) is 1. The minimum Gasteiger partial charge on any atom is -0.487 e. The van der Waals surface area contributed by atoms with Crippen LogP contribution in [0, 0.1) is 19.9 Å². The van der Waals surface area contributed by atoms with Gasteiger partial charge in [0.25, 0.3) is 5.91 Å². The molecule has 1 heterocycles. The number of imide groups is 1. The van der Waals surface area contributed by atoms with E-state index in [1.54, 1.807) is 18.2 Å². The number of hydrogen-bond acceptors (Lipinski definition) is 3. The molecule has 0 unspecified atom stereocenters. The summed E-state index contributed by atoms with van der Waals surface area (Å²) in [7, 11) is 0. The van der Waals surface area contributed by atoms with Crippen molar-refractivity contribution in [3.8, 4) is 5.75 Å². The van der Waals surface area contributed by atoms with Crippen LogP contribution in [0.3, 0.4) is 0 Å². The second-order valence-corrected chi connectivity index (χ2v) is 9.93. The quantitative estimate of drug-likeness (QED) is 0.199. The van der Waals surface area contributed by atoms with E-state index in [9.17, 15) is 14.0 Å². The van der Waals surface area contributed by atoms with Gasteiger partial charge in [0, 0.05) is 0 Å². The van der Waals surface area contributed by atoms with Crippen molar-refractivity contribution in [3.05, 3.63) is 102 Å². The second-order valence-electron chi connectivity index (χ2n) is 7.60. The van der Waals surface area contributed by atoms with Crippen LogP contribution in [0.25, 0.3) is 6.08 Å². The van der Waals surface area contributed by atoms with Gasteiger partial charge in [-0.1, -0.05) is 42.0 Å². The summed E-state index contributed by atoms with van der Waals surface area (Å²) in [5.74, 6) is 0.0191. The van der Waals surface area contributed by atoms with E-state index in [0.29, 0.717) is 5.75 Å². The lowest BCUT2D eigenvalue weighted by atomic mass is 10.1. The normalized spacial score (nSPS) is 14.7. The van der Waals surface area contributed by atoms with Crippen molar-refractivity contribution in [3.63, 3.8) is 0 Å². The molecule has 0 aliphatic carbocycles. The molecule has 8 heteroatoms. The highest BCUT2D eigenvalue weighted by molar-refractivity contribution is 14.1. The Balaban J connectivity index is 1.50. The lowest BCUT2D eigenvalue weighted by Gasteiger charge is -2.12. The predicted molar refractivity (Wildman–Crippen MR) is 141 cm³/mol. The average Bonchev–Trinajstić information content (AvgIpc) is 3.00. The van der Waals surface area contributed by atoms with Gasteiger partial charge in [0.2, 0.25) is 0 Å². The van der Waals surface area contributed by atoms with Gasteiger partial charge in [-0.3, -0.25) is 9.69 Å². The molecule has 1 N–H and O–H groups in total. The van der Waals surface area contributed by atoms with Gasteiger partial charge in [-0.25, -0.2) is 9.18 Å². The maximum Gasteiger partial charge on any atom is 0.329 e. The summed E-state index contributed by atoms with van der Waals surface area (Å²) in [5.41, 5.74) is 3.69. The number of benzene rings is 3. The third-order valence-corrected chi connectivity index (χ3v) is 6.59. The first-order valence-corrected chi connectivity index (χ1v) is 12.2. The molecule has 0 radical (unpaired) electrons. The van der Waals surface area contributed by atoms with Crippen molar-refractivity contribution in [2.45, 2.75) is 20.1 Å². The Hall–Kier alpha value is -2.47. The molecule has 1 fully saturated rings. The third kappa shape index (κ3) is 5.72. The molecule has 33 heavy (non-hydrogen) atoms. The molecule has 0 atom stereocenters. The van der Waals surface area contributed by atoms with Gasteiger partial charge in [0.1, 0.15) is 23.9 Å². The van der Waals surface area contributed by atoms with E-state index in [0.717, 1.165) is 29.4 Å². The molecule has 0 bridgehead atoms. The predicted octanol–water partition coefficient (Wildman–Crippen LogP) is 6.02. The van der Waals surface area contributed by atoms with Gasteiger partial charge >= 0.3 is 6.03 Å². The Bertz CT molecular complexity index is 1250. The molecule has 1 saturated heterocycles. The SMILES string of the molecule is Cc1cccc(CN2C(=O)N/C(=C/c3cc(I)c(OCc4cccc(F)c4)c(I)c3)C2=O)c1. The zero-order valence-electron chi connectivity index (χ0n) is 17.6. The fourth-order valence-corrected chi connectivity index (χ4v) is 5.59. The number of nitrogens with zero attached hydrogens (tertiary/aromatic N) is 1. The molecular formula is C25H19FI2N2O3. The van der Waals surface area contributed by atoms with Crippen LogP contribution in [0.4, 0.5) is 9.18 Å². The van der Waals surface area contributed by atoms with Crippen molar-refractivity contribution in [2.24, 2.45) is 0 Å². The highest BCUT2D eigenvalue weighted by Crippen LogP contribution is 2.31. The van der Waals surface area contributed by atoms with Crippen LogP contribution >= 0.6 is 45.2 Å². The summed E-state index contributed by atoms with van der Waals surface area (Å²) >= 11 is 4.33. The number of urea groups is 1. The first-order chi connectivity index (χ1) is 15.8. The zero-order chi connectivity index (χ0) is 23.5. The van der Waals surface area contributed by atoms with E-state index in [-0.39, 0.29) is 30.6 Å². The molecule has 0 spiro atoms. The zero-order valence-corrected chi connectivity index (χ0v) is 21.9. The van der Waals surface area contributed by atoms with Crippen LogP contribution in [-0.2, 0) is 17.9 Å². The molecule has 3 aromatic carbocycles. The fraction of sp³-hybridized carbons (Fsp3) is 0.120. The van der Waals surface area contributed by atoms with Crippen molar-refractivity contribution in [2.75, 3.05) is 0 Å². The topological polar surface area (TPSA) is 58.6 Å². The summed E-state index contributed by atoms with van der Waals surface area (Å²) in [5, 5.41) is 2.67. The first-order valence-electron chi connectivity index (χ1n) is 10.1. The van der Waals surface area contributed by atoms with E-state index >= 15 is 0 Å². The summed E-state index contributed by atoms with van der Waals surface area (Å²) in [6.07, 6.45) is 1.66. The Labute approximate surface area is 218 Å². The molecule has 4 rings (SSSR count). The summed E-state index contributed by atoms with van der Waals surface area (Å²) in [6, 6.07) is 17.3. The molecule has 1 aliphatic heterocycles. The summed E-state index contributed by atoms with van der Waals surface area (Å²) in [4.78, 5) is 26.5. The standard InChI is InChI=1S/C25H19FI2N2O3/c1-15-4-2-5-16(8-15)13-30-24(31)22(29-25(30)32)12-18-10-20(27)23(21(28)11-18)33-14-17-6-3-7-19(26)9-17/h2-12H,13-14H2,1H3,(H,29,32)/b22-12+. The number of carbonyl (C=O) groups excluding carboxylic acids is 2. The number of carbonyl (C=O) groups is 2. The Morgan fingerprint density at radius 2 is 1.70 bits per heavy atom. The number of rotatable bonds is 6. The third-order valence-electron chi connectivity index (χ3n) is 4.99. The maximum atomic E-state index is 13.4. The van der Waals surface area contributed by atoms with Crippen molar-refractivity contribution in [1.29, 1.82) is 0 Å². The number of amides is 3. The van der Waals surface area contributed by atoms with Crippen LogP contribution in [-0.4, -0.2) is 16.8 Å². The van der Waals surface area contributed by atoms with E-state index < -0.39 is 6.03 Å². The van der Waals surface area contributed by atoms with E-state index in [1.165, 1.54) is 17.0 Å². The van der Waals surface area contributed by atoms with Gasteiger partial charge in [-0.2, -0.15) is 0 Å². The van der Waals surface area contributed by atoms with Crippen LogP contribution in [0.5, 0.6) is 5.75 Å².